The standard InChI is InChI=1S/C22H28ClN3O4S/c1-17(26(31(2,28)29)21-9-7-20(23)8-10-21)22(27)24-15-18-3-5-19(6-4-18)16-25-11-13-30-14-12-25/h3-10,17H,11-16H2,1-2H3,(H,24,27)/t17-/m1/s1. The third kappa shape index (κ3) is 6.67. The summed E-state index contributed by atoms with van der Waals surface area (Å²) < 4.78 is 31.2. The molecule has 3 rings (SSSR count). The van der Waals surface area contributed by atoms with Crippen molar-refractivity contribution >= 4 is 33.2 Å². The van der Waals surface area contributed by atoms with E-state index in [0.29, 0.717) is 17.3 Å². The average Bonchev–Trinajstić information content (AvgIpc) is 2.74. The molecule has 1 N–H and O–H groups in total. The molecule has 2 aromatic carbocycles. The van der Waals surface area contributed by atoms with Gasteiger partial charge in [0.15, 0.2) is 0 Å². The molecule has 0 aromatic heterocycles. The molecule has 1 heterocycles. The van der Waals surface area contributed by atoms with Crippen molar-refractivity contribution in [2.24, 2.45) is 0 Å². The highest BCUT2D eigenvalue weighted by Crippen LogP contribution is 2.23. The Morgan fingerprint density at radius 3 is 2.26 bits per heavy atom. The van der Waals surface area contributed by atoms with E-state index >= 15 is 0 Å². The number of amides is 1. The van der Waals surface area contributed by atoms with Gasteiger partial charge in [0.25, 0.3) is 0 Å². The number of halogens is 1. The summed E-state index contributed by atoms with van der Waals surface area (Å²) in [4.78, 5) is 15.1. The van der Waals surface area contributed by atoms with E-state index in [9.17, 15) is 13.2 Å². The Balaban J connectivity index is 1.60. The van der Waals surface area contributed by atoms with Gasteiger partial charge in [-0.3, -0.25) is 14.0 Å². The highest BCUT2D eigenvalue weighted by molar-refractivity contribution is 7.92. The number of ether oxygens (including phenoxy) is 1. The molecule has 1 atom stereocenters. The van der Waals surface area contributed by atoms with Crippen LogP contribution >= 0.6 is 11.6 Å². The van der Waals surface area contributed by atoms with Crippen LogP contribution in [0.1, 0.15) is 18.1 Å². The van der Waals surface area contributed by atoms with Crippen LogP contribution in [0.3, 0.4) is 0 Å². The lowest BCUT2D eigenvalue weighted by Crippen LogP contribution is -2.47. The highest BCUT2D eigenvalue weighted by Gasteiger charge is 2.28. The van der Waals surface area contributed by atoms with Gasteiger partial charge in [-0.15, -0.1) is 0 Å². The van der Waals surface area contributed by atoms with Gasteiger partial charge in [-0.05, 0) is 42.3 Å². The Morgan fingerprint density at radius 1 is 1.10 bits per heavy atom. The molecule has 1 saturated heterocycles. The van der Waals surface area contributed by atoms with Gasteiger partial charge >= 0.3 is 0 Å². The van der Waals surface area contributed by atoms with Crippen LogP contribution in [0, 0.1) is 0 Å². The lowest BCUT2D eigenvalue weighted by atomic mass is 10.1. The predicted molar refractivity (Wildman–Crippen MR) is 123 cm³/mol. The van der Waals surface area contributed by atoms with Crippen molar-refractivity contribution in [1.29, 1.82) is 0 Å². The van der Waals surface area contributed by atoms with Gasteiger partial charge in [0, 0.05) is 31.2 Å². The second-order valence-electron chi connectivity index (χ2n) is 7.63. The fraction of sp³-hybridized carbons (Fsp3) is 0.409. The minimum absolute atomic E-state index is 0.319. The van der Waals surface area contributed by atoms with Gasteiger partial charge in [-0.1, -0.05) is 35.9 Å². The lowest BCUT2D eigenvalue weighted by Gasteiger charge is -2.28. The van der Waals surface area contributed by atoms with E-state index in [1.165, 1.54) is 5.56 Å². The number of hydrogen-bond acceptors (Lipinski definition) is 5. The van der Waals surface area contributed by atoms with Gasteiger partial charge in [0.05, 0.1) is 25.2 Å². The monoisotopic (exact) mass is 465 g/mol. The molecule has 31 heavy (non-hydrogen) atoms. The number of anilines is 1. The van der Waals surface area contributed by atoms with Crippen molar-refractivity contribution < 1.29 is 17.9 Å². The van der Waals surface area contributed by atoms with Crippen LogP contribution in [0.4, 0.5) is 5.69 Å². The van der Waals surface area contributed by atoms with E-state index in [1.807, 2.05) is 12.1 Å². The number of carbonyl (C=O) groups excluding carboxylic acids is 1. The molecule has 1 aliphatic heterocycles. The third-order valence-electron chi connectivity index (χ3n) is 5.17. The molecular formula is C22H28ClN3O4S. The van der Waals surface area contributed by atoms with Crippen LogP contribution in [-0.2, 0) is 32.6 Å². The first kappa shape index (κ1) is 23.5. The summed E-state index contributed by atoms with van der Waals surface area (Å²) in [6, 6.07) is 13.5. The van der Waals surface area contributed by atoms with Crippen molar-refractivity contribution in [2.45, 2.75) is 26.1 Å². The van der Waals surface area contributed by atoms with Crippen molar-refractivity contribution in [3.63, 3.8) is 0 Å². The van der Waals surface area contributed by atoms with Crippen molar-refractivity contribution in [2.75, 3.05) is 36.9 Å². The maximum Gasteiger partial charge on any atom is 0.243 e. The van der Waals surface area contributed by atoms with Crippen LogP contribution < -0.4 is 9.62 Å². The van der Waals surface area contributed by atoms with E-state index in [2.05, 4.69) is 22.3 Å². The van der Waals surface area contributed by atoms with E-state index in [4.69, 9.17) is 16.3 Å². The molecule has 0 bridgehead atoms. The quantitative estimate of drug-likeness (QED) is 0.648. The summed E-state index contributed by atoms with van der Waals surface area (Å²) in [6.07, 6.45) is 1.08. The summed E-state index contributed by atoms with van der Waals surface area (Å²) in [7, 11) is -3.66. The summed E-state index contributed by atoms with van der Waals surface area (Å²) >= 11 is 5.90. The molecular weight excluding hydrogens is 438 g/mol. The molecule has 0 aliphatic carbocycles. The second kappa shape index (κ2) is 10.5. The van der Waals surface area contributed by atoms with E-state index in [-0.39, 0.29) is 5.91 Å². The maximum absolute atomic E-state index is 12.7. The Kier molecular flexibility index (Phi) is 7.94. The van der Waals surface area contributed by atoms with Gasteiger partial charge in [-0.25, -0.2) is 8.42 Å². The molecule has 0 radical (unpaired) electrons. The lowest BCUT2D eigenvalue weighted by molar-refractivity contribution is -0.122. The first-order valence-electron chi connectivity index (χ1n) is 10.1. The zero-order chi connectivity index (χ0) is 22.4. The fourth-order valence-electron chi connectivity index (χ4n) is 3.51. The third-order valence-corrected chi connectivity index (χ3v) is 6.66. The number of hydrogen-bond donors (Lipinski definition) is 1. The molecule has 1 aliphatic rings. The first-order valence-corrected chi connectivity index (χ1v) is 12.4. The molecule has 9 heteroatoms. The molecule has 1 amide bonds. The number of carbonyl (C=O) groups is 1. The summed E-state index contributed by atoms with van der Waals surface area (Å²) in [5, 5.41) is 3.33. The maximum atomic E-state index is 12.7. The number of benzene rings is 2. The van der Waals surface area contributed by atoms with Crippen LogP contribution in [-0.4, -0.2) is 57.8 Å². The second-order valence-corrected chi connectivity index (χ2v) is 9.93. The number of nitrogens with zero attached hydrogens (tertiary/aromatic N) is 2. The normalized spacial score (nSPS) is 16.0. The van der Waals surface area contributed by atoms with Gasteiger partial charge in [-0.2, -0.15) is 0 Å². The van der Waals surface area contributed by atoms with Gasteiger partial charge < -0.3 is 10.1 Å². The van der Waals surface area contributed by atoms with Gasteiger partial charge in [0.1, 0.15) is 6.04 Å². The molecule has 168 valence electrons. The van der Waals surface area contributed by atoms with Gasteiger partial charge in [0.2, 0.25) is 15.9 Å². The summed E-state index contributed by atoms with van der Waals surface area (Å²) in [6.45, 7) is 6.15. The molecule has 1 fully saturated rings. The molecule has 2 aromatic rings. The Bertz CT molecular complexity index is 975. The Hall–Kier alpha value is -2.13. The predicted octanol–water partition coefficient (Wildman–Crippen LogP) is 2.64. The zero-order valence-electron chi connectivity index (χ0n) is 17.8. The van der Waals surface area contributed by atoms with Crippen LogP contribution in [0.25, 0.3) is 0 Å². The van der Waals surface area contributed by atoms with Crippen LogP contribution in [0.5, 0.6) is 0 Å². The Labute approximate surface area is 189 Å². The molecule has 0 unspecified atom stereocenters. The number of rotatable bonds is 8. The highest BCUT2D eigenvalue weighted by atomic mass is 35.5. The fourth-order valence-corrected chi connectivity index (χ4v) is 4.81. The molecule has 0 saturated carbocycles. The smallest absolute Gasteiger partial charge is 0.243 e. The SMILES string of the molecule is C[C@H](C(=O)NCc1ccc(CN2CCOCC2)cc1)N(c1ccc(Cl)cc1)S(C)(=O)=O. The number of nitrogens with one attached hydrogen (secondary N) is 1. The van der Waals surface area contributed by atoms with E-state index in [1.54, 1.807) is 31.2 Å². The van der Waals surface area contributed by atoms with Crippen LogP contribution in [0.15, 0.2) is 48.5 Å². The van der Waals surface area contributed by atoms with E-state index in [0.717, 1.165) is 49.0 Å². The number of morpholine rings is 1. The minimum Gasteiger partial charge on any atom is -0.379 e. The summed E-state index contributed by atoms with van der Waals surface area (Å²) in [5.41, 5.74) is 2.54. The minimum atomic E-state index is -3.66. The molecule has 7 nitrogen and oxygen atoms in total. The first-order chi connectivity index (χ1) is 14.7. The van der Waals surface area contributed by atoms with Crippen molar-refractivity contribution in [3.05, 3.63) is 64.7 Å². The number of sulfonamides is 1. The van der Waals surface area contributed by atoms with Crippen molar-refractivity contribution in [1.82, 2.24) is 10.2 Å². The van der Waals surface area contributed by atoms with Crippen LogP contribution in [0.2, 0.25) is 5.02 Å². The van der Waals surface area contributed by atoms with Crippen molar-refractivity contribution in [3.8, 4) is 0 Å². The topological polar surface area (TPSA) is 79.0 Å². The average molecular weight is 466 g/mol. The Morgan fingerprint density at radius 2 is 1.68 bits per heavy atom. The summed E-state index contributed by atoms with van der Waals surface area (Å²) in [5.74, 6) is -0.377. The molecule has 0 spiro atoms. The van der Waals surface area contributed by atoms with E-state index < -0.39 is 16.1 Å². The zero-order valence-corrected chi connectivity index (χ0v) is 19.3. The largest absolute Gasteiger partial charge is 0.379 e.